The van der Waals surface area contributed by atoms with Crippen molar-refractivity contribution in [1.29, 1.82) is 0 Å². The van der Waals surface area contributed by atoms with E-state index in [0.717, 1.165) is 23.0 Å². The summed E-state index contributed by atoms with van der Waals surface area (Å²) >= 11 is 0. The van der Waals surface area contributed by atoms with Crippen LogP contribution in [0.1, 0.15) is 59.4 Å². The van der Waals surface area contributed by atoms with Crippen molar-refractivity contribution >= 4 is 0 Å². The van der Waals surface area contributed by atoms with Gasteiger partial charge in [0.05, 0.1) is 6.04 Å². The summed E-state index contributed by atoms with van der Waals surface area (Å²) in [5, 5.41) is 0. The van der Waals surface area contributed by atoms with Gasteiger partial charge < -0.3 is 4.42 Å². The Morgan fingerprint density at radius 3 is 2.35 bits per heavy atom. The minimum atomic E-state index is -0.0112. The van der Waals surface area contributed by atoms with Crippen LogP contribution in [0.15, 0.2) is 34.7 Å². The van der Waals surface area contributed by atoms with Gasteiger partial charge in [-0.3, -0.25) is 5.84 Å². The fourth-order valence-electron chi connectivity index (χ4n) is 3.00. The Kier molecular flexibility index (Phi) is 3.64. The highest BCUT2D eigenvalue weighted by Gasteiger charge is 2.21. The van der Waals surface area contributed by atoms with Crippen LogP contribution < -0.4 is 11.3 Å². The molecule has 3 N–H and O–H groups in total. The molecular weight excluding hydrogens is 248 g/mol. The Hall–Kier alpha value is -1.58. The number of benzene rings is 1. The van der Waals surface area contributed by atoms with Crippen LogP contribution in [-0.2, 0) is 0 Å². The van der Waals surface area contributed by atoms with Crippen molar-refractivity contribution < 1.29 is 4.42 Å². The van der Waals surface area contributed by atoms with Crippen molar-refractivity contribution in [2.45, 2.75) is 45.1 Å². The molecule has 3 heteroatoms. The van der Waals surface area contributed by atoms with Crippen molar-refractivity contribution in [3.05, 3.63) is 58.5 Å². The van der Waals surface area contributed by atoms with E-state index in [1.165, 1.54) is 30.4 Å². The van der Waals surface area contributed by atoms with Gasteiger partial charge >= 0.3 is 0 Å². The van der Waals surface area contributed by atoms with Crippen LogP contribution >= 0.6 is 0 Å². The number of hydrogen-bond donors (Lipinski definition) is 2. The van der Waals surface area contributed by atoms with Crippen molar-refractivity contribution in [1.82, 2.24) is 5.43 Å². The van der Waals surface area contributed by atoms with Gasteiger partial charge in [-0.1, -0.05) is 30.7 Å². The number of nitrogens with one attached hydrogen (secondary N) is 1. The average molecular weight is 270 g/mol. The van der Waals surface area contributed by atoms with E-state index in [1.54, 1.807) is 0 Å². The van der Waals surface area contributed by atoms with Gasteiger partial charge in [0.1, 0.15) is 11.5 Å². The number of aryl methyl sites for hydroxylation is 2. The summed E-state index contributed by atoms with van der Waals surface area (Å²) in [7, 11) is 0. The molecule has 0 spiro atoms. The van der Waals surface area contributed by atoms with E-state index >= 15 is 0 Å². The molecule has 20 heavy (non-hydrogen) atoms. The molecule has 0 radical (unpaired) electrons. The number of hydrogen-bond acceptors (Lipinski definition) is 3. The zero-order valence-corrected chi connectivity index (χ0v) is 12.1. The molecule has 1 aromatic heterocycles. The first-order valence-corrected chi connectivity index (χ1v) is 7.32. The molecule has 0 aliphatic heterocycles. The minimum Gasteiger partial charge on any atom is -0.466 e. The van der Waals surface area contributed by atoms with E-state index in [4.69, 9.17) is 10.3 Å². The molecule has 1 aromatic carbocycles. The van der Waals surface area contributed by atoms with Gasteiger partial charge in [0, 0.05) is 5.56 Å². The van der Waals surface area contributed by atoms with E-state index < -0.39 is 0 Å². The van der Waals surface area contributed by atoms with Crippen LogP contribution in [0.3, 0.4) is 0 Å². The lowest BCUT2D eigenvalue weighted by Crippen LogP contribution is -2.29. The summed E-state index contributed by atoms with van der Waals surface area (Å²) in [5.74, 6) is 8.37. The lowest BCUT2D eigenvalue weighted by Gasteiger charge is -2.26. The van der Waals surface area contributed by atoms with Crippen LogP contribution in [0.5, 0.6) is 0 Å². The lowest BCUT2D eigenvalue weighted by atomic mass is 9.79. The maximum atomic E-state index is 5.76. The normalized spacial score (nSPS) is 16.9. The van der Waals surface area contributed by atoms with Crippen LogP contribution in [0.4, 0.5) is 0 Å². The van der Waals surface area contributed by atoms with Crippen LogP contribution in [-0.4, -0.2) is 0 Å². The third-order valence-corrected chi connectivity index (χ3v) is 4.40. The van der Waals surface area contributed by atoms with E-state index in [9.17, 15) is 0 Å². The molecule has 1 atom stereocenters. The van der Waals surface area contributed by atoms with Crippen LogP contribution in [0.25, 0.3) is 0 Å². The Balaban J connectivity index is 1.87. The SMILES string of the molecule is Cc1cc(C(NN)c2ccc(C3CCC3)cc2)c(C)o1. The zero-order chi connectivity index (χ0) is 14.1. The summed E-state index contributed by atoms with van der Waals surface area (Å²) in [6.07, 6.45) is 4.03. The van der Waals surface area contributed by atoms with Gasteiger partial charge in [-0.05, 0) is 49.8 Å². The van der Waals surface area contributed by atoms with Crippen molar-refractivity contribution in [2.24, 2.45) is 5.84 Å². The number of hydrazine groups is 1. The maximum absolute atomic E-state index is 5.76. The maximum Gasteiger partial charge on any atom is 0.106 e. The number of rotatable bonds is 4. The topological polar surface area (TPSA) is 51.2 Å². The van der Waals surface area contributed by atoms with Crippen molar-refractivity contribution in [2.75, 3.05) is 0 Å². The second kappa shape index (κ2) is 5.43. The number of nitrogens with two attached hydrogens (primary N) is 1. The molecule has 1 fully saturated rings. The molecule has 3 nitrogen and oxygen atoms in total. The fraction of sp³-hybridized carbons (Fsp3) is 0.412. The van der Waals surface area contributed by atoms with E-state index in [-0.39, 0.29) is 6.04 Å². The minimum absolute atomic E-state index is 0.0112. The first kappa shape index (κ1) is 13.4. The molecule has 3 rings (SSSR count). The first-order valence-electron chi connectivity index (χ1n) is 7.32. The monoisotopic (exact) mass is 270 g/mol. The standard InChI is InChI=1S/C17H22N2O/c1-11-10-16(12(2)20-11)17(19-18)15-8-6-14(7-9-15)13-4-3-5-13/h6-10,13,17,19H,3-5,18H2,1-2H3. The Bertz CT molecular complexity index is 582. The molecule has 0 amide bonds. The molecule has 1 heterocycles. The van der Waals surface area contributed by atoms with E-state index in [1.807, 2.05) is 13.8 Å². The summed E-state index contributed by atoms with van der Waals surface area (Å²) in [4.78, 5) is 0. The summed E-state index contributed by atoms with van der Waals surface area (Å²) in [6, 6.07) is 10.9. The zero-order valence-electron chi connectivity index (χ0n) is 12.1. The van der Waals surface area contributed by atoms with E-state index in [2.05, 4.69) is 35.8 Å². The Labute approximate surface area is 120 Å². The van der Waals surface area contributed by atoms with Crippen molar-refractivity contribution in [3.63, 3.8) is 0 Å². The molecular formula is C17H22N2O. The van der Waals surface area contributed by atoms with Gasteiger partial charge in [0.15, 0.2) is 0 Å². The highest BCUT2D eigenvalue weighted by atomic mass is 16.3. The lowest BCUT2D eigenvalue weighted by molar-refractivity contribution is 0.419. The summed E-state index contributed by atoms with van der Waals surface area (Å²) < 4.78 is 5.61. The second-order valence-electron chi connectivity index (χ2n) is 5.76. The third kappa shape index (κ3) is 2.39. The average Bonchev–Trinajstić information content (AvgIpc) is 2.70. The third-order valence-electron chi connectivity index (χ3n) is 4.40. The Morgan fingerprint density at radius 1 is 1.20 bits per heavy atom. The molecule has 1 aliphatic carbocycles. The quantitative estimate of drug-likeness (QED) is 0.657. The molecule has 2 aromatic rings. The van der Waals surface area contributed by atoms with Gasteiger partial charge in [0.2, 0.25) is 0 Å². The molecule has 106 valence electrons. The van der Waals surface area contributed by atoms with E-state index in [0.29, 0.717) is 0 Å². The molecule has 0 bridgehead atoms. The first-order chi connectivity index (χ1) is 9.69. The molecule has 1 saturated carbocycles. The predicted molar refractivity (Wildman–Crippen MR) is 80.4 cm³/mol. The van der Waals surface area contributed by atoms with Crippen LogP contribution in [0.2, 0.25) is 0 Å². The van der Waals surface area contributed by atoms with Gasteiger partial charge in [-0.15, -0.1) is 0 Å². The summed E-state index contributed by atoms with van der Waals surface area (Å²) in [6.45, 7) is 3.94. The fourth-order valence-corrected chi connectivity index (χ4v) is 3.00. The molecule has 1 unspecified atom stereocenters. The smallest absolute Gasteiger partial charge is 0.106 e. The van der Waals surface area contributed by atoms with Gasteiger partial charge in [-0.2, -0.15) is 0 Å². The van der Waals surface area contributed by atoms with Gasteiger partial charge in [0.25, 0.3) is 0 Å². The highest BCUT2D eigenvalue weighted by Crippen LogP contribution is 2.37. The largest absolute Gasteiger partial charge is 0.466 e. The molecule has 0 saturated heterocycles. The number of furan rings is 1. The highest BCUT2D eigenvalue weighted by molar-refractivity contribution is 5.36. The van der Waals surface area contributed by atoms with Crippen molar-refractivity contribution in [3.8, 4) is 0 Å². The predicted octanol–water partition coefficient (Wildman–Crippen LogP) is 3.72. The Morgan fingerprint density at radius 2 is 1.90 bits per heavy atom. The molecule has 1 aliphatic rings. The summed E-state index contributed by atoms with van der Waals surface area (Å²) in [5.41, 5.74) is 6.65. The van der Waals surface area contributed by atoms with Crippen LogP contribution in [0, 0.1) is 13.8 Å². The van der Waals surface area contributed by atoms with Gasteiger partial charge in [-0.25, -0.2) is 5.43 Å². The second-order valence-corrected chi connectivity index (χ2v) is 5.76.